The number of aliphatic hydroxyl groups is 2. The molecule has 48 heavy (non-hydrogen) atoms. The first-order valence-corrected chi connectivity index (χ1v) is 17.1. The maximum absolute atomic E-state index is 9.71. The number of aromatic amines is 2. The van der Waals surface area contributed by atoms with Gasteiger partial charge in [-0.25, -0.2) is 19.9 Å². The van der Waals surface area contributed by atoms with E-state index in [4.69, 9.17) is 9.97 Å². The highest BCUT2D eigenvalue weighted by atomic mass is 16.3. The summed E-state index contributed by atoms with van der Waals surface area (Å²) in [5, 5.41) is 28.7. The van der Waals surface area contributed by atoms with Gasteiger partial charge in [0.1, 0.15) is 22.9 Å². The number of aromatic nitrogens is 6. The summed E-state index contributed by atoms with van der Waals surface area (Å²) in [4.78, 5) is 25.6. The molecule has 10 heteroatoms. The van der Waals surface area contributed by atoms with E-state index in [2.05, 4.69) is 43.6 Å². The number of hydrogen-bond acceptors (Lipinski definition) is 8. The summed E-state index contributed by atoms with van der Waals surface area (Å²) in [5.74, 6) is 3.22. The molecule has 248 valence electrons. The lowest BCUT2D eigenvalue weighted by Crippen LogP contribution is -2.28. The number of aryl methyl sites for hydroxylation is 2. The predicted octanol–water partition coefficient (Wildman–Crippen LogP) is 7.30. The van der Waals surface area contributed by atoms with Crippen molar-refractivity contribution in [2.45, 2.75) is 89.5 Å². The lowest BCUT2D eigenvalue weighted by atomic mass is 9.93. The highest BCUT2D eigenvalue weighted by Crippen LogP contribution is 2.31. The largest absolute Gasteiger partial charge is 0.393 e. The standard InChI is InChI=1S/2C19H22N4O/c1-12-11-20-18-16(12)19(21-14-7-9-15(24)10-8-14)23-17(22-18)13-5-3-2-4-6-13;1-12-11-16-18(20-12)22-17(13-5-3-2-4-6-13)23-19(16)21-14-7-9-15(24)10-8-14/h2*2-6,11,14-15,24H,7-10H2,1H3,(H2,20,21,22,23). The number of benzene rings is 2. The summed E-state index contributed by atoms with van der Waals surface area (Å²) in [5.41, 5.74) is 5.96. The van der Waals surface area contributed by atoms with Gasteiger partial charge in [0, 0.05) is 35.1 Å². The van der Waals surface area contributed by atoms with Crippen LogP contribution >= 0.6 is 0 Å². The van der Waals surface area contributed by atoms with Crippen molar-refractivity contribution in [2.75, 3.05) is 10.6 Å². The zero-order valence-electron chi connectivity index (χ0n) is 27.6. The molecule has 8 rings (SSSR count). The number of aliphatic hydroxyl groups excluding tert-OH is 2. The van der Waals surface area contributed by atoms with E-state index >= 15 is 0 Å². The van der Waals surface area contributed by atoms with E-state index in [0.29, 0.717) is 12.1 Å². The molecule has 6 N–H and O–H groups in total. The third kappa shape index (κ3) is 7.19. The molecule has 0 saturated heterocycles. The van der Waals surface area contributed by atoms with Crippen molar-refractivity contribution in [3.63, 3.8) is 0 Å². The summed E-state index contributed by atoms with van der Waals surface area (Å²) < 4.78 is 0. The smallest absolute Gasteiger partial charge is 0.163 e. The number of H-pyrrole nitrogens is 2. The van der Waals surface area contributed by atoms with E-state index in [-0.39, 0.29) is 12.2 Å². The Hall–Kier alpha value is -4.80. The van der Waals surface area contributed by atoms with Gasteiger partial charge in [-0.1, -0.05) is 60.7 Å². The SMILES string of the molecule is Cc1c[nH]c2nc(-c3ccccc3)nc(NC3CCC(O)CC3)c12.Cc1cc2c(NC3CCC(O)CC3)nc(-c3ccccc3)nc2[nH]1. The van der Waals surface area contributed by atoms with E-state index in [1.54, 1.807) is 0 Å². The quantitative estimate of drug-likeness (QED) is 0.111. The van der Waals surface area contributed by atoms with Crippen LogP contribution in [0.1, 0.15) is 62.6 Å². The molecule has 0 atom stereocenters. The van der Waals surface area contributed by atoms with Gasteiger partial charge in [0.05, 0.1) is 23.0 Å². The highest BCUT2D eigenvalue weighted by molar-refractivity contribution is 5.92. The van der Waals surface area contributed by atoms with Gasteiger partial charge in [-0.2, -0.15) is 0 Å². The molecule has 2 saturated carbocycles. The molecule has 0 spiro atoms. The van der Waals surface area contributed by atoms with Gasteiger partial charge in [-0.15, -0.1) is 0 Å². The van der Waals surface area contributed by atoms with Gasteiger partial charge in [0.2, 0.25) is 0 Å². The van der Waals surface area contributed by atoms with Crippen LogP contribution < -0.4 is 10.6 Å². The Labute approximate surface area is 280 Å². The van der Waals surface area contributed by atoms with Crippen molar-refractivity contribution >= 4 is 33.7 Å². The zero-order chi connectivity index (χ0) is 33.0. The van der Waals surface area contributed by atoms with E-state index < -0.39 is 0 Å². The van der Waals surface area contributed by atoms with Gasteiger partial charge in [-0.3, -0.25) is 0 Å². The Morgan fingerprint density at radius 2 is 1.12 bits per heavy atom. The van der Waals surface area contributed by atoms with Gasteiger partial charge in [0.15, 0.2) is 11.6 Å². The molecular weight excluding hydrogens is 600 g/mol. The van der Waals surface area contributed by atoms with Crippen LogP contribution in [0.2, 0.25) is 0 Å². The predicted molar refractivity (Wildman–Crippen MR) is 192 cm³/mol. The summed E-state index contributed by atoms with van der Waals surface area (Å²) in [6.07, 6.45) is 8.95. The van der Waals surface area contributed by atoms with E-state index in [9.17, 15) is 10.2 Å². The van der Waals surface area contributed by atoms with Gasteiger partial charge >= 0.3 is 0 Å². The van der Waals surface area contributed by atoms with E-state index in [1.807, 2.05) is 73.8 Å². The van der Waals surface area contributed by atoms with Crippen molar-refractivity contribution in [2.24, 2.45) is 0 Å². The highest BCUT2D eigenvalue weighted by Gasteiger charge is 2.23. The number of hydrogen-bond donors (Lipinski definition) is 6. The average molecular weight is 645 g/mol. The summed E-state index contributed by atoms with van der Waals surface area (Å²) in [6.45, 7) is 4.10. The lowest BCUT2D eigenvalue weighted by molar-refractivity contribution is 0.125. The normalized spacial score (nSPS) is 21.1. The molecule has 2 aromatic carbocycles. The van der Waals surface area contributed by atoms with Crippen LogP contribution in [0, 0.1) is 13.8 Å². The minimum atomic E-state index is -0.151. The van der Waals surface area contributed by atoms with E-state index in [1.165, 1.54) is 0 Å². The molecule has 0 aliphatic heterocycles. The van der Waals surface area contributed by atoms with Gasteiger partial charge in [-0.05, 0) is 76.8 Å². The molecule has 0 bridgehead atoms. The number of anilines is 2. The summed E-state index contributed by atoms with van der Waals surface area (Å²) >= 11 is 0. The maximum Gasteiger partial charge on any atom is 0.163 e. The van der Waals surface area contributed by atoms with Gasteiger partial charge < -0.3 is 30.8 Å². The summed E-state index contributed by atoms with van der Waals surface area (Å²) in [7, 11) is 0. The second-order valence-corrected chi connectivity index (χ2v) is 13.2. The van der Waals surface area contributed by atoms with Crippen LogP contribution in [-0.2, 0) is 0 Å². The van der Waals surface area contributed by atoms with Crippen LogP contribution in [0.15, 0.2) is 72.9 Å². The Morgan fingerprint density at radius 3 is 1.69 bits per heavy atom. The molecule has 2 aliphatic rings. The molecule has 0 amide bonds. The van der Waals surface area contributed by atoms with Crippen LogP contribution in [0.5, 0.6) is 0 Å². The number of nitrogens with one attached hydrogen (secondary N) is 4. The maximum atomic E-state index is 9.71. The van der Waals surface area contributed by atoms with E-state index in [0.717, 1.165) is 119 Å². The molecule has 4 heterocycles. The molecule has 4 aromatic heterocycles. The van der Waals surface area contributed by atoms with Crippen molar-refractivity contribution < 1.29 is 10.2 Å². The van der Waals surface area contributed by atoms with Gasteiger partial charge in [0.25, 0.3) is 0 Å². The van der Waals surface area contributed by atoms with Crippen LogP contribution in [0.3, 0.4) is 0 Å². The lowest BCUT2D eigenvalue weighted by Gasteiger charge is -2.27. The molecule has 10 nitrogen and oxygen atoms in total. The van der Waals surface area contributed by atoms with Crippen molar-refractivity contribution in [3.8, 4) is 22.8 Å². The average Bonchev–Trinajstić information content (AvgIpc) is 3.69. The first-order valence-electron chi connectivity index (χ1n) is 17.1. The Bertz CT molecular complexity index is 1910. The molecular formula is C38H44N8O2. The Morgan fingerprint density at radius 1 is 0.625 bits per heavy atom. The minimum Gasteiger partial charge on any atom is -0.393 e. The van der Waals surface area contributed by atoms with Crippen LogP contribution in [0.4, 0.5) is 11.6 Å². The summed E-state index contributed by atoms with van der Waals surface area (Å²) in [6, 6.07) is 22.9. The Balaban J connectivity index is 0.000000152. The first-order chi connectivity index (χ1) is 23.4. The Kier molecular flexibility index (Phi) is 9.36. The van der Waals surface area contributed by atoms with Crippen molar-refractivity contribution in [1.82, 2.24) is 29.9 Å². The second kappa shape index (κ2) is 14.1. The molecule has 0 unspecified atom stereocenters. The number of nitrogens with zero attached hydrogens (tertiary/aromatic N) is 4. The van der Waals surface area contributed by atoms with Crippen molar-refractivity contribution in [3.05, 3.63) is 84.2 Å². The third-order valence-electron chi connectivity index (χ3n) is 9.49. The fourth-order valence-electron chi connectivity index (χ4n) is 6.80. The fraction of sp³-hybridized carbons (Fsp3) is 0.368. The third-order valence-corrected chi connectivity index (χ3v) is 9.49. The van der Waals surface area contributed by atoms with Crippen LogP contribution in [0.25, 0.3) is 44.8 Å². The monoisotopic (exact) mass is 644 g/mol. The number of rotatable bonds is 6. The molecule has 0 radical (unpaired) electrons. The number of fused-ring (bicyclic) bond motifs is 2. The van der Waals surface area contributed by atoms with Crippen LogP contribution in [-0.4, -0.2) is 64.4 Å². The minimum absolute atomic E-state index is 0.150. The fourth-order valence-corrected chi connectivity index (χ4v) is 6.80. The molecule has 6 aromatic rings. The topological polar surface area (TPSA) is 148 Å². The molecule has 2 fully saturated rings. The first kappa shape index (κ1) is 31.8. The zero-order valence-corrected chi connectivity index (χ0v) is 27.6. The second-order valence-electron chi connectivity index (χ2n) is 13.2. The van der Waals surface area contributed by atoms with Crippen molar-refractivity contribution in [1.29, 1.82) is 0 Å². The molecule has 2 aliphatic carbocycles.